The average molecular weight is 335 g/mol. The fraction of sp³-hybridized carbons (Fsp3) is 0.571. The summed E-state index contributed by atoms with van der Waals surface area (Å²) in [6.07, 6.45) is 3.66. The van der Waals surface area contributed by atoms with Crippen LogP contribution in [-0.2, 0) is 10.0 Å². The highest BCUT2D eigenvalue weighted by Crippen LogP contribution is 2.34. The van der Waals surface area contributed by atoms with Crippen molar-refractivity contribution in [3.05, 3.63) is 29.0 Å². The van der Waals surface area contributed by atoms with Crippen molar-refractivity contribution >= 4 is 21.6 Å². The van der Waals surface area contributed by atoms with E-state index in [1.54, 1.807) is 0 Å². The van der Waals surface area contributed by atoms with Crippen LogP contribution in [0.25, 0.3) is 0 Å². The summed E-state index contributed by atoms with van der Waals surface area (Å²) in [4.78, 5) is -0.0421. The zero-order chi connectivity index (χ0) is 15.7. The summed E-state index contributed by atoms with van der Waals surface area (Å²) in [5.41, 5.74) is 5.21. The molecule has 2 atom stereocenters. The fourth-order valence-electron chi connectivity index (χ4n) is 2.88. The Balaban J connectivity index is 2.32. The van der Waals surface area contributed by atoms with Gasteiger partial charge in [-0.25, -0.2) is 17.5 Å². The van der Waals surface area contributed by atoms with Gasteiger partial charge in [0.25, 0.3) is 0 Å². The van der Waals surface area contributed by atoms with Gasteiger partial charge in [0.1, 0.15) is 5.82 Å². The van der Waals surface area contributed by atoms with Crippen molar-refractivity contribution in [3.63, 3.8) is 0 Å². The van der Waals surface area contributed by atoms with Gasteiger partial charge in [-0.15, -0.1) is 0 Å². The number of nitrogens with one attached hydrogen (secondary N) is 1. The summed E-state index contributed by atoms with van der Waals surface area (Å²) in [5.74, 6) is -0.489. The molecule has 0 bridgehead atoms. The Morgan fingerprint density at radius 1 is 1.48 bits per heavy atom. The minimum absolute atomic E-state index is 0.0421. The van der Waals surface area contributed by atoms with Crippen molar-refractivity contribution < 1.29 is 12.8 Å². The summed E-state index contributed by atoms with van der Waals surface area (Å²) in [6, 6.07) is 3.38. The van der Waals surface area contributed by atoms with Gasteiger partial charge in [-0.2, -0.15) is 0 Å². The van der Waals surface area contributed by atoms with Gasteiger partial charge >= 0.3 is 0 Å². The third kappa shape index (κ3) is 3.39. The number of halogens is 2. The minimum atomic E-state index is -3.78. The highest BCUT2D eigenvalue weighted by Gasteiger charge is 2.40. The maximum absolute atomic E-state index is 13.2. The Kier molecular flexibility index (Phi) is 4.92. The van der Waals surface area contributed by atoms with Crippen molar-refractivity contribution in [2.45, 2.75) is 43.0 Å². The molecule has 3 N–H and O–H groups in total. The van der Waals surface area contributed by atoms with E-state index < -0.39 is 21.4 Å². The van der Waals surface area contributed by atoms with Gasteiger partial charge in [-0.1, -0.05) is 31.4 Å². The number of rotatable bonds is 4. The monoisotopic (exact) mass is 334 g/mol. The second-order valence-corrected chi connectivity index (χ2v) is 7.78. The van der Waals surface area contributed by atoms with Crippen molar-refractivity contribution in [3.8, 4) is 0 Å². The molecule has 0 aliphatic heterocycles. The van der Waals surface area contributed by atoms with Crippen LogP contribution in [-0.4, -0.2) is 20.5 Å². The maximum atomic E-state index is 13.2. The summed E-state index contributed by atoms with van der Waals surface area (Å²) in [7, 11) is -3.78. The van der Waals surface area contributed by atoms with E-state index in [4.69, 9.17) is 17.3 Å². The van der Waals surface area contributed by atoms with E-state index in [1.807, 2.05) is 6.92 Å². The summed E-state index contributed by atoms with van der Waals surface area (Å²) in [5, 5.41) is -0.212. The first-order valence-electron chi connectivity index (χ1n) is 7.00. The third-order valence-corrected chi connectivity index (χ3v) is 6.20. The average Bonchev–Trinajstić information content (AvgIpc) is 2.44. The SMILES string of the molecule is CC1CCCCC1(CN)NS(=O)(=O)c1ccc(F)c(Cl)c1. The number of hydrogen-bond acceptors (Lipinski definition) is 3. The topological polar surface area (TPSA) is 72.2 Å². The smallest absolute Gasteiger partial charge is 0.241 e. The lowest BCUT2D eigenvalue weighted by Gasteiger charge is -2.42. The highest BCUT2D eigenvalue weighted by molar-refractivity contribution is 7.89. The molecule has 0 aromatic heterocycles. The van der Waals surface area contributed by atoms with Gasteiger partial charge in [0.05, 0.1) is 9.92 Å². The lowest BCUT2D eigenvalue weighted by molar-refractivity contribution is 0.191. The van der Waals surface area contributed by atoms with E-state index in [2.05, 4.69) is 4.72 Å². The van der Waals surface area contributed by atoms with Crippen molar-refractivity contribution in [1.29, 1.82) is 0 Å². The van der Waals surface area contributed by atoms with Crippen molar-refractivity contribution in [2.24, 2.45) is 11.7 Å². The first-order valence-corrected chi connectivity index (χ1v) is 8.86. The van der Waals surface area contributed by atoms with E-state index in [0.717, 1.165) is 31.4 Å². The zero-order valence-corrected chi connectivity index (χ0v) is 13.5. The largest absolute Gasteiger partial charge is 0.329 e. The van der Waals surface area contributed by atoms with Gasteiger partial charge < -0.3 is 5.73 Å². The quantitative estimate of drug-likeness (QED) is 0.889. The predicted molar refractivity (Wildman–Crippen MR) is 81.1 cm³/mol. The van der Waals surface area contributed by atoms with Gasteiger partial charge in [0.15, 0.2) is 0 Å². The molecule has 0 saturated heterocycles. The molecule has 1 fully saturated rings. The molecule has 21 heavy (non-hydrogen) atoms. The Labute approximate surface area is 129 Å². The van der Waals surface area contributed by atoms with Gasteiger partial charge in [-0.05, 0) is 37.0 Å². The third-order valence-electron chi connectivity index (χ3n) is 4.36. The van der Waals surface area contributed by atoms with E-state index in [1.165, 1.54) is 6.07 Å². The van der Waals surface area contributed by atoms with Crippen LogP contribution in [0.5, 0.6) is 0 Å². The van der Waals surface area contributed by atoms with E-state index >= 15 is 0 Å². The molecule has 1 aromatic rings. The molecule has 2 unspecified atom stereocenters. The van der Waals surface area contributed by atoms with Gasteiger partial charge in [-0.3, -0.25) is 0 Å². The van der Waals surface area contributed by atoms with Gasteiger partial charge in [0, 0.05) is 12.1 Å². The van der Waals surface area contributed by atoms with Crippen LogP contribution in [0.4, 0.5) is 4.39 Å². The molecule has 118 valence electrons. The van der Waals surface area contributed by atoms with Crippen LogP contribution in [0.1, 0.15) is 32.6 Å². The maximum Gasteiger partial charge on any atom is 0.241 e. The Hall–Kier alpha value is -0.690. The van der Waals surface area contributed by atoms with Crippen LogP contribution in [0.15, 0.2) is 23.1 Å². The first-order chi connectivity index (χ1) is 9.81. The predicted octanol–water partition coefficient (Wildman–Crippen LogP) is 2.67. The second-order valence-electron chi connectivity index (χ2n) is 5.69. The number of sulfonamides is 1. The van der Waals surface area contributed by atoms with Crippen LogP contribution in [0, 0.1) is 11.7 Å². The Morgan fingerprint density at radius 2 is 2.19 bits per heavy atom. The molecule has 1 aliphatic rings. The fourth-order valence-corrected chi connectivity index (χ4v) is 4.69. The molecule has 4 nitrogen and oxygen atoms in total. The first kappa shape index (κ1) is 16.7. The van der Waals surface area contributed by atoms with Crippen molar-refractivity contribution in [1.82, 2.24) is 4.72 Å². The number of benzene rings is 1. The molecule has 1 aliphatic carbocycles. The zero-order valence-electron chi connectivity index (χ0n) is 11.9. The molecule has 2 rings (SSSR count). The molecular weight excluding hydrogens is 315 g/mol. The van der Waals surface area contributed by atoms with Crippen LogP contribution in [0.2, 0.25) is 5.02 Å². The summed E-state index contributed by atoms with van der Waals surface area (Å²) >= 11 is 5.67. The number of nitrogens with two attached hydrogens (primary N) is 1. The van der Waals surface area contributed by atoms with Gasteiger partial charge in [0.2, 0.25) is 10.0 Å². The molecule has 7 heteroatoms. The lowest BCUT2D eigenvalue weighted by Crippen LogP contribution is -2.58. The highest BCUT2D eigenvalue weighted by atomic mass is 35.5. The van der Waals surface area contributed by atoms with E-state index in [9.17, 15) is 12.8 Å². The molecule has 0 heterocycles. The summed E-state index contributed by atoms with van der Waals surface area (Å²) in [6.45, 7) is 2.24. The standard InChI is InChI=1S/C14H20ClFN2O2S/c1-10-4-2-3-7-14(10,9-17)18-21(19,20)11-5-6-13(16)12(15)8-11/h5-6,8,10,18H,2-4,7,9,17H2,1H3. The molecule has 0 radical (unpaired) electrons. The van der Waals surface area contributed by atoms with E-state index in [-0.39, 0.29) is 22.4 Å². The Bertz CT molecular complexity index is 623. The molecule has 0 amide bonds. The van der Waals surface area contributed by atoms with E-state index in [0.29, 0.717) is 6.42 Å². The number of hydrogen-bond donors (Lipinski definition) is 2. The molecule has 0 spiro atoms. The molecule has 1 saturated carbocycles. The van der Waals surface area contributed by atoms with Crippen molar-refractivity contribution in [2.75, 3.05) is 6.54 Å². The lowest BCUT2D eigenvalue weighted by atomic mass is 9.74. The Morgan fingerprint density at radius 3 is 2.76 bits per heavy atom. The second kappa shape index (κ2) is 6.20. The summed E-state index contributed by atoms with van der Waals surface area (Å²) < 4.78 is 41.0. The molecular formula is C14H20ClFN2O2S. The normalized spacial score (nSPS) is 26.8. The van der Waals surface area contributed by atoms with Crippen LogP contribution >= 0.6 is 11.6 Å². The minimum Gasteiger partial charge on any atom is -0.329 e. The van der Waals surface area contributed by atoms with Crippen LogP contribution in [0.3, 0.4) is 0 Å². The van der Waals surface area contributed by atoms with Crippen LogP contribution < -0.4 is 10.5 Å². The molecule has 1 aromatic carbocycles.